The summed E-state index contributed by atoms with van der Waals surface area (Å²) in [5.41, 5.74) is 2.98. The molecule has 0 radical (unpaired) electrons. The Morgan fingerprint density at radius 3 is 2.39 bits per heavy atom. The van der Waals surface area contributed by atoms with Gasteiger partial charge in [-0.2, -0.15) is 0 Å². The highest BCUT2D eigenvalue weighted by Crippen LogP contribution is 2.24. The predicted molar refractivity (Wildman–Crippen MR) is 71.2 cm³/mol. The summed E-state index contributed by atoms with van der Waals surface area (Å²) in [5, 5.41) is 0. The molecule has 2 aromatic rings. The molecule has 0 aliphatic heterocycles. The van der Waals surface area contributed by atoms with E-state index < -0.39 is 0 Å². The van der Waals surface area contributed by atoms with E-state index in [9.17, 15) is 9.18 Å². The average molecular weight is 242 g/mol. The molecule has 0 atom stereocenters. The minimum absolute atomic E-state index is 0.358. The third kappa shape index (κ3) is 2.65. The Kier molecular flexibility index (Phi) is 3.88. The molecule has 0 spiro atoms. The van der Waals surface area contributed by atoms with Crippen LogP contribution in [0.3, 0.4) is 0 Å². The number of hydrogen-bond donors (Lipinski definition) is 0. The van der Waals surface area contributed by atoms with Crippen molar-refractivity contribution in [1.29, 1.82) is 0 Å². The molecule has 0 bridgehead atoms. The Morgan fingerprint density at radius 1 is 1.11 bits per heavy atom. The number of halogens is 1. The molecule has 0 saturated carbocycles. The second-order valence-electron chi connectivity index (χ2n) is 4.30. The molecular weight excluding hydrogens is 227 g/mol. The summed E-state index contributed by atoms with van der Waals surface area (Å²) >= 11 is 0. The lowest BCUT2D eigenvalue weighted by atomic mass is 10.0. The summed E-state index contributed by atoms with van der Waals surface area (Å²) in [6, 6.07) is 12.4. The molecular formula is C16H15FO. The summed E-state index contributed by atoms with van der Waals surface area (Å²) in [7, 11) is 0. The van der Waals surface area contributed by atoms with Crippen molar-refractivity contribution in [2.45, 2.75) is 19.8 Å². The first-order valence-electron chi connectivity index (χ1n) is 6.08. The highest BCUT2D eigenvalue weighted by molar-refractivity contribution is 5.77. The van der Waals surface area contributed by atoms with Gasteiger partial charge in [0.1, 0.15) is 12.1 Å². The largest absolute Gasteiger partial charge is 0.298 e. The van der Waals surface area contributed by atoms with Crippen LogP contribution in [-0.2, 0) is 6.42 Å². The zero-order chi connectivity index (χ0) is 13.0. The highest BCUT2D eigenvalue weighted by atomic mass is 19.1. The molecule has 0 heterocycles. The summed E-state index contributed by atoms with van der Waals surface area (Å²) in [6.07, 6.45) is 2.78. The van der Waals surface area contributed by atoms with Crippen LogP contribution in [-0.4, -0.2) is 6.29 Å². The zero-order valence-electron chi connectivity index (χ0n) is 10.3. The number of hydrogen-bond acceptors (Lipinski definition) is 1. The SMILES string of the molecule is CCCc1ccc(-c2ccc(C=O)cc2F)cc1. The molecule has 2 heteroatoms. The van der Waals surface area contributed by atoms with Crippen molar-refractivity contribution in [2.24, 2.45) is 0 Å². The predicted octanol–water partition coefficient (Wildman–Crippen LogP) is 4.26. The second kappa shape index (κ2) is 5.58. The molecule has 0 fully saturated rings. The van der Waals surface area contributed by atoms with E-state index >= 15 is 0 Å². The van der Waals surface area contributed by atoms with Gasteiger partial charge >= 0.3 is 0 Å². The minimum atomic E-state index is -0.358. The van der Waals surface area contributed by atoms with Crippen molar-refractivity contribution in [3.63, 3.8) is 0 Å². The Balaban J connectivity index is 2.33. The fourth-order valence-electron chi connectivity index (χ4n) is 1.98. The number of aldehydes is 1. The van der Waals surface area contributed by atoms with Crippen LogP contribution in [0.25, 0.3) is 11.1 Å². The van der Waals surface area contributed by atoms with Crippen molar-refractivity contribution in [2.75, 3.05) is 0 Å². The van der Waals surface area contributed by atoms with Gasteiger partial charge in [0, 0.05) is 11.1 Å². The second-order valence-corrected chi connectivity index (χ2v) is 4.30. The third-order valence-electron chi connectivity index (χ3n) is 2.93. The van der Waals surface area contributed by atoms with E-state index in [0.29, 0.717) is 17.4 Å². The van der Waals surface area contributed by atoms with E-state index in [0.717, 1.165) is 18.4 Å². The van der Waals surface area contributed by atoms with Gasteiger partial charge in [-0.25, -0.2) is 4.39 Å². The van der Waals surface area contributed by atoms with Gasteiger partial charge in [0.25, 0.3) is 0 Å². The van der Waals surface area contributed by atoms with E-state index in [1.165, 1.54) is 11.6 Å². The monoisotopic (exact) mass is 242 g/mol. The van der Waals surface area contributed by atoms with Crippen LogP contribution in [0.4, 0.5) is 4.39 Å². The molecule has 0 aromatic heterocycles. The highest BCUT2D eigenvalue weighted by Gasteiger charge is 2.05. The molecule has 2 aromatic carbocycles. The van der Waals surface area contributed by atoms with Crippen molar-refractivity contribution in [3.05, 3.63) is 59.4 Å². The first-order chi connectivity index (χ1) is 8.74. The van der Waals surface area contributed by atoms with Crippen LogP contribution in [0, 0.1) is 5.82 Å². The number of benzene rings is 2. The maximum atomic E-state index is 13.8. The van der Waals surface area contributed by atoms with E-state index in [1.54, 1.807) is 12.1 Å². The average Bonchev–Trinajstić information content (AvgIpc) is 2.40. The van der Waals surface area contributed by atoms with E-state index in [2.05, 4.69) is 6.92 Å². The van der Waals surface area contributed by atoms with Gasteiger partial charge in [-0.05, 0) is 23.6 Å². The van der Waals surface area contributed by atoms with Gasteiger partial charge in [-0.15, -0.1) is 0 Å². The van der Waals surface area contributed by atoms with E-state index in [4.69, 9.17) is 0 Å². The molecule has 0 amide bonds. The zero-order valence-corrected chi connectivity index (χ0v) is 10.3. The molecule has 0 N–H and O–H groups in total. The smallest absolute Gasteiger partial charge is 0.150 e. The third-order valence-corrected chi connectivity index (χ3v) is 2.93. The molecule has 0 aliphatic carbocycles. The lowest BCUT2D eigenvalue weighted by Gasteiger charge is -2.05. The normalized spacial score (nSPS) is 10.3. The summed E-state index contributed by atoms with van der Waals surface area (Å²) in [6.45, 7) is 2.13. The van der Waals surface area contributed by atoms with Crippen molar-refractivity contribution in [1.82, 2.24) is 0 Å². The van der Waals surface area contributed by atoms with Crippen LogP contribution >= 0.6 is 0 Å². The van der Waals surface area contributed by atoms with Crippen molar-refractivity contribution >= 4 is 6.29 Å². The molecule has 0 saturated heterocycles. The lowest BCUT2D eigenvalue weighted by molar-refractivity contribution is 0.112. The van der Waals surface area contributed by atoms with Crippen LogP contribution < -0.4 is 0 Å². The van der Waals surface area contributed by atoms with Crippen LogP contribution in [0.2, 0.25) is 0 Å². The summed E-state index contributed by atoms with van der Waals surface area (Å²) < 4.78 is 13.8. The molecule has 0 unspecified atom stereocenters. The van der Waals surface area contributed by atoms with Gasteiger partial charge in [-0.3, -0.25) is 4.79 Å². The number of rotatable bonds is 4. The Labute approximate surface area is 106 Å². The summed E-state index contributed by atoms with van der Waals surface area (Å²) in [4.78, 5) is 10.6. The first-order valence-corrected chi connectivity index (χ1v) is 6.08. The van der Waals surface area contributed by atoms with Crippen molar-refractivity contribution in [3.8, 4) is 11.1 Å². The number of aryl methyl sites for hydroxylation is 1. The molecule has 0 aliphatic rings. The Hall–Kier alpha value is -1.96. The molecule has 1 nitrogen and oxygen atoms in total. The Bertz CT molecular complexity index is 544. The maximum Gasteiger partial charge on any atom is 0.150 e. The minimum Gasteiger partial charge on any atom is -0.298 e. The lowest BCUT2D eigenvalue weighted by Crippen LogP contribution is -1.89. The van der Waals surface area contributed by atoms with Crippen LogP contribution in [0.5, 0.6) is 0 Å². The Morgan fingerprint density at radius 2 is 1.83 bits per heavy atom. The standard InChI is InChI=1S/C16H15FO/c1-2-3-12-4-7-14(8-5-12)15-9-6-13(11-18)10-16(15)17/h4-11H,2-3H2,1H3. The molecule has 92 valence electrons. The van der Waals surface area contributed by atoms with Gasteiger partial charge in [0.15, 0.2) is 0 Å². The fraction of sp³-hybridized carbons (Fsp3) is 0.188. The number of carbonyl (C=O) groups excluding carboxylic acids is 1. The van der Waals surface area contributed by atoms with Crippen LogP contribution in [0.1, 0.15) is 29.3 Å². The quantitative estimate of drug-likeness (QED) is 0.732. The first kappa shape index (κ1) is 12.5. The molecule has 2 rings (SSSR count). The van der Waals surface area contributed by atoms with Crippen molar-refractivity contribution < 1.29 is 9.18 Å². The summed E-state index contributed by atoms with van der Waals surface area (Å²) in [5.74, 6) is -0.358. The van der Waals surface area contributed by atoms with Gasteiger partial charge in [0.2, 0.25) is 0 Å². The van der Waals surface area contributed by atoms with Crippen LogP contribution in [0.15, 0.2) is 42.5 Å². The van der Waals surface area contributed by atoms with E-state index in [-0.39, 0.29) is 5.82 Å². The maximum absolute atomic E-state index is 13.8. The molecule has 18 heavy (non-hydrogen) atoms. The number of carbonyl (C=O) groups is 1. The fourth-order valence-corrected chi connectivity index (χ4v) is 1.98. The topological polar surface area (TPSA) is 17.1 Å². The van der Waals surface area contributed by atoms with E-state index in [1.807, 2.05) is 24.3 Å². The van der Waals surface area contributed by atoms with Gasteiger partial charge < -0.3 is 0 Å². The van der Waals surface area contributed by atoms with Gasteiger partial charge in [0.05, 0.1) is 0 Å². The van der Waals surface area contributed by atoms with Gasteiger partial charge in [-0.1, -0.05) is 49.7 Å².